The number of rotatable bonds is 5. The zero-order valence-corrected chi connectivity index (χ0v) is 11.6. The topological polar surface area (TPSA) is 99.3 Å². The van der Waals surface area contributed by atoms with Crippen LogP contribution in [0.3, 0.4) is 0 Å². The number of aryl methyl sites for hydroxylation is 1. The van der Waals surface area contributed by atoms with E-state index in [1.807, 2.05) is 0 Å². The van der Waals surface area contributed by atoms with E-state index in [4.69, 9.17) is 5.11 Å². The molecule has 0 aliphatic heterocycles. The molecule has 0 unspecified atom stereocenters. The number of thiophene rings is 1. The molecule has 2 rings (SSSR count). The van der Waals surface area contributed by atoms with Crippen LogP contribution in [0.2, 0.25) is 0 Å². The molecule has 0 saturated heterocycles. The predicted octanol–water partition coefficient (Wildman–Crippen LogP) is 1.56. The normalized spacial score (nSPS) is 11.6. The smallest absolute Gasteiger partial charge is 0.347 e. The van der Waals surface area contributed by atoms with Crippen molar-refractivity contribution in [1.29, 1.82) is 0 Å². The number of aromatic carboxylic acids is 1. The van der Waals surface area contributed by atoms with Crippen LogP contribution in [0.1, 0.15) is 20.8 Å². The Morgan fingerprint density at radius 1 is 1.53 bits per heavy atom. The monoisotopic (exact) mass is 300 g/mol. The third-order valence-corrected chi connectivity index (χ3v) is 5.31. The van der Waals surface area contributed by atoms with Gasteiger partial charge in [0.25, 0.3) is 0 Å². The fourth-order valence-corrected chi connectivity index (χ4v) is 4.28. The van der Waals surface area contributed by atoms with E-state index < -0.39 is 16.0 Å². The molecule has 3 N–H and O–H groups in total. The average Bonchev–Trinajstić information content (AvgIpc) is 2.95. The SMILES string of the molecule is Cc1csc(C(=O)O)c1S(=O)(=O)NCc1cc[nH]c1. The summed E-state index contributed by atoms with van der Waals surface area (Å²) in [6.07, 6.45) is 3.35. The molecule has 0 aromatic carbocycles. The van der Waals surface area contributed by atoms with Crippen molar-refractivity contribution in [3.05, 3.63) is 39.8 Å². The standard InChI is InChI=1S/C11H12N2O4S2/c1-7-6-18-9(11(14)15)10(7)19(16,17)13-5-8-2-3-12-4-8/h2-4,6,12-13H,5H2,1H3,(H,14,15). The molecule has 0 bridgehead atoms. The van der Waals surface area contributed by atoms with E-state index in [0.29, 0.717) is 5.56 Å². The third kappa shape index (κ3) is 2.86. The van der Waals surface area contributed by atoms with E-state index >= 15 is 0 Å². The minimum absolute atomic E-state index is 0.111. The van der Waals surface area contributed by atoms with Gasteiger partial charge in [-0.2, -0.15) is 0 Å². The molecule has 102 valence electrons. The fourth-order valence-electron chi connectivity index (χ4n) is 1.63. The Hall–Kier alpha value is -1.64. The van der Waals surface area contributed by atoms with Crippen LogP contribution in [-0.4, -0.2) is 24.5 Å². The van der Waals surface area contributed by atoms with Crippen LogP contribution in [0.4, 0.5) is 0 Å². The van der Waals surface area contributed by atoms with Crippen molar-refractivity contribution in [3.63, 3.8) is 0 Å². The Bertz CT molecular complexity index is 686. The van der Waals surface area contributed by atoms with Gasteiger partial charge >= 0.3 is 5.97 Å². The molecule has 0 fully saturated rings. The van der Waals surface area contributed by atoms with Gasteiger partial charge in [0.2, 0.25) is 10.0 Å². The van der Waals surface area contributed by atoms with E-state index in [0.717, 1.165) is 16.9 Å². The van der Waals surface area contributed by atoms with Crippen LogP contribution >= 0.6 is 11.3 Å². The Balaban J connectivity index is 2.29. The quantitative estimate of drug-likeness (QED) is 0.780. The lowest BCUT2D eigenvalue weighted by Gasteiger charge is -2.06. The second-order valence-electron chi connectivity index (χ2n) is 3.93. The Labute approximate surface area is 114 Å². The second kappa shape index (κ2) is 5.16. The molecule has 19 heavy (non-hydrogen) atoms. The molecule has 0 radical (unpaired) electrons. The van der Waals surface area contributed by atoms with Gasteiger partial charge in [-0.15, -0.1) is 11.3 Å². The zero-order valence-electron chi connectivity index (χ0n) is 10.0. The molecule has 2 aromatic rings. The summed E-state index contributed by atoms with van der Waals surface area (Å²) < 4.78 is 26.7. The van der Waals surface area contributed by atoms with E-state index in [2.05, 4.69) is 9.71 Å². The molecule has 2 aromatic heterocycles. The predicted molar refractivity (Wildman–Crippen MR) is 70.8 cm³/mol. The highest BCUT2D eigenvalue weighted by Gasteiger charge is 2.26. The van der Waals surface area contributed by atoms with Crippen molar-refractivity contribution in [2.75, 3.05) is 0 Å². The molecule has 2 heterocycles. The van der Waals surface area contributed by atoms with Gasteiger partial charge in [0.1, 0.15) is 9.77 Å². The van der Waals surface area contributed by atoms with Gasteiger partial charge in [0.15, 0.2) is 0 Å². The van der Waals surface area contributed by atoms with Gasteiger partial charge in [0.05, 0.1) is 0 Å². The maximum atomic E-state index is 12.2. The lowest BCUT2D eigenvalue weighted by Crippen LogP contribution is -2.24. The number of carbonyl (C=O) groups is 1. The number of hydrogen-bond donors (Lipinski definition) is 3. The molecule has 0 aliphatic carbocycles. The van der Waals surface area contributed by atoms with Crippen molar-refractivity contribution < 1.29 is 18.3 Å². The maximum Gasteiger partial charge on any atom is 0.347 e. The number of nitrogens with one attached hydrogen (secondary N) is 2. The maximum absolute atomic E-state index is 12.2. The summed E-state index contributed by atoms with van der Waals surface area (Å²) in [5.41, 5.74) is 1.21. The summed E-state index contributed by atoms with van der Waals surface area (Å²) in [7, 11) is -3.83. The first-order chi connectivity index (χ1) is 8.92. The van der Waals surface area contributed by atoms with Crippen LogP contribution in [-0.2, 0) is 16.6 Å². The van der Waals surface area contributed by atoms with Crippen molar-refractivity contribution >= 4 is 27.3 Å². The molecule has 0 atom stereocenters. The van der Waals surface area contributed by atoms with Gasteiger partial charge < -0.3 is 10.1 Å². The lowest BCUT2D eigenvalue weighted by atomic mass is 10.3. The second-order valence-corrected chi connectivity index (χ2v) is 6.51. The first kappa shape index (κ1) is 13.8. The van der Waals surface area contributed by atoms with Gasteiger partial charge in [0, 0.05) is 18.9 Å². The number of aromatic amines is 1. The number of hydrogen-bond acceptors (Lipinski definition) is 4. The van der Waals surface area contributed by atoms with Crippen LogP contribution in [0.5, 0.6) is 0 Å². The largest absolute Gasteiger partial charge is 0.477 e. The van der Waals surface area contributed by atoms with E-state index in [-0.39, 0.29) is 16.3 Å². The summed E-state index contributed by atoms with van der Waals surface area (Å²) >= 11 is 0.910. The van der Waals surface area contributed by atoms with Gasteiger partial charge in [-0.1, -0.05) is 0 Å². The summed E-state index contributed by atoms with van der Waals surface area (Å²) in [6.45, 7) is 1.69. The van der Waals surface area contributed by atoms with Crippen LogP contribution < -0.4 is 4.72 Å². The first-order valence-electron chi connectivity index (χ1n) is 5.34. The molecule has 0 amide bonds. The highest BCUT2D eigenvalue weighted by atomic mass is 32.2. The van der Waals surface area contributed by atoms with Crippen LogP contribution in [0.25, 0.3) is 0 Å². The first-order valence-corrected chi connectivity index (χ1v) is 7.71. The molecule has 6 nitrogen and oxygen atoms in total. The van der Waals surface area contributed by atoms with Crippen molar-refractivity contribution in [3.8, 4) is 0 Å². The minimum atomic E-state index is -3.83. The fraction of sp³-hybridized carbons (Fsp3) is 0.182. The Morgan fingerprint density at radius 2 is 2.26 bits per heavy atom. The minimum Gasteiger partial charge on any atom is -0.477 e. The average molecular weight is 300 g/mol. The van der Waals surface area contributed by atoms with Crippen molar-refractivity contribution in [1.82, 2.24) is 9.71 Å². The summed E-state index contributed by atoms with van der Waals surface area (Å²) in [5, 5.41) is 10.5. The van der Waals surface area contributed by atoms with Crippen molar-refractivity contribution in [2.45, 2.75) is 18.4 Å². The zero-order chi connectivity index (χ0) is 14.0. The molecular weight excluding hydrogens is 288 g/mol. The Morgan fingerprint density at radius 3 is 2.84 bits per heavy atom. The van der Waals surface area contributed by atoms with E-state index in [9.17, 15) is 13.2 Å². The van der Waals surface area contributed by atoms with Crippen LogP contribution in [0, 0.1) is 6.92 Å². The molecular formula is C11H12N2O4S2. The summed E-state index contributed by atoms with van der Waals surface area (Å²) in [4.78, 5) is 13.5. The number of carboxylic acids is 1. The van der Waals surface area contributed by atoms with Gasteiger partial charge in [-0.05, 0) is 29.5 Å². The highest BCUT2D eigenvalue weighted by molar-refractivity contribution is 7.89. The number of sulfonamides is 1. The van der Waals surface area contributed by atoms with Gasteiger partial charge in [-0.25, -0.2) is 17.9 Å². The number of carboxylic acid groups (broad SMARTS) is 1. The third-order valence-electron chi connectivity index (χ3n) is 2.51. The van der Waals surface area contributed by atoms with E-state index in [1.165, 1.54) is 5.38 Å². The molecule has 0 spiro atoms. The highest BCUT2D eigenvalue weighted by Crippen LogP contribution is 2.26. The number of H-pyrrole nitrogens is 1. The lowest BCUT2D eigenvalue weighted by molar-refractivity contribution is 0.0698. The molecule has 0 saturated carbocycles. The number of aromatic nitrogens is 1. The molecule has 8 heteroatoms. The van der Waals surface area contributed by atoms with Crippen molar-refractivity contribution in [2.24, 2.45) is 0 Å². The molecule has 0 aliphatic rings. The van der Waals surface area contributed by atoms with Gasteiger partial charge in [-0.3, -0.25) is 0 Å². The summed E-state index contributed by atoms with van der Waals surface area (Å²) in [5.74, 6) is -1.24. The Kier molecular flexibility index (Phi) is 3.74. The van der Waals surface area contributed by atoms with E-state index in [1.54, 1.807) is 25.4 Å². The van der Waals surface area contributed by atoms with Crippen LogP contribution in [0.15, 0.2) is 28.7 Å². The summed E-state index contributed by atoms with van der Waals surface area (Å²) in [6, 6.07) is 1.74.